The summed E-state index contributed by atoms with van der Waals surface area (Å²) in [6, 6.07) is 16.4. The quantitative estimate of drug-likeness (QED) is 0.881. The molecular formula is C20H22N2O3. The summed E-state index contributed by atoms with van der Waals surface area (Å²) < 4.78 is 5.29. The predicted molar refractivity (Wildman–Crippen MR) is 95.0 cm³/mol. The van der Waals surface area contributed by atoms with E-state index in [1.807, 2.05) is 54.6 Å². The number of carbonyl (C=O) groups is 2. The summed E-state index contributed by atoms with van der Waals surface area (Å²) in [5.41, 5.74) is 2.13. The van der Waals surface area contributed by atoms with Gasteiger partial charge in [-0.1, -0.05) is 54.6 Å². The molecule has 130 valence electrons. The smallest absolute Gasteiger partial charge is 0.408 e. The zero-order valence-corrected chi connectivity index (χ0v) is 14.6. The van der Waals surface area contributed by atoms with Crippen LogP contribution in [0.25, 0.3) is 0 Å². The maximum absolute atomic E-state index is 12.7. The van der Waals surface area contributed by atoms with Gasteiger partial charge in [-0.05, 0) is 37.5 Å². The predicted octanol–water partition coefficient (Wildman–Crippen LogP) is 3.47. The van der Waals surface area contributed by atoms with Crippen molar-refractivity contribution in [2.75, 3.05) is 0 Å². The molecule has 0 unspecified atom stereocenters. The molecule has 1 aliphatic heterocycles. The van der Waals surface area contributed by atoms with E-state index < -0.39 is 17.7 Å². The molecule has 2 aromatic rings. The first-order valence-corrected chi connectivity index (χ1v) is 8.29. The van der Waals surface area contributed by atoms with Gasteiger partial charge in [0.05, 0.1) is 6.04 Å². The van der Waals surface area contributed by atoms with Gasteiger partial charge in [0.1, 0.15) is 11.6 Å². The van der Waals surface area contributed by atoms with Gasteiger partial charge in [0.2, 0.25) is 5.91 Å². The van der Waals surface area contributed by atoms with Crippen LogP contribution in [-0.2, 0) is 9.53 Å². The third-order valence-corrected chi connectivity index (χ3v) is 3.96. The van der Waals surface area contributed by atoms with Crippen molar-refractivity contribution >= 4 is 12.0 Å². The van der Waals surface area contributed by atoms with E-state index in [1.165, 1.54) is 0 Å². The highest BCUT2D eigenvalue weighted by atomic mass is 16.6. The average molecular weight is 338 g/mol. The number of benzene rings is 2. The molecule has 0 spiro atoms. The lowest BCUT2D eigenvalue weighted by Gasteiger charge is -2.33. The lowest BCUT2D eigenvalue weighted by Crippen LogP contribution is -2.47. The normalized spacial score (nSPS) is 19.6. The van der Waals surface area contributed by atoms with Crippen LogP contribution in [0.2, 0.25) is 0 Å². The Bertz CT molecular complexity index is 781. The van der Waals surface area contributed by atoms with Crippen molar-refractivity contribution in [2.24, 2.45) is 0 Å². The Balaban J connectivity index is 1.91. The number of ether oxygens (including phenoxy) is 1. The van der Waals surface area contributed by atoms with Crippen molar-refractivity contribution in [3.8, 4) is 0 Å². The molecule has 5 nitrogen and oxygen atoms in total. The molecule has 2 aromatic carbocycles. The molecule has 0 radical (unpaired) electrons. The molecule has 0 saturated carbocycles. The molecule has 1 aliphatic rings. The van der Waals surface area contributed by atoms with Gasteiger partial charge >= 0.3 is 6.09 Å². The van der Waals surface area contributed by atoms with Gasteiger partial charge in [0, 0.05) is 0 Å². The Kier molecular flexibility index (Phi) is 4.49. The molecule has 5 heteroatoms. The monoisotopic (exact) mass is 338 g/mol. The molecular weight excluding hydrogens is 316 g/mol. The Labute approximate surface area is 147 Å². The van der Waals surface area contributed by atoms with Crippen LogP contribution in [0, 0.1) is 0 Å². The minimum atomic E-state index is -0.772. The molecule has 2 amide bonds. The van der Waals surface area contributed by atoms with E-state index in [1.54, 1.807) is 20.8 Å². The molecule has 2 N–H and O–H groups in total. The molecule has 1 heterocycles. The first-order valence-electron chi connectivity index (χ1n) is 8.29. The van der Waals surface area contributed by atoms with E-state index in [2.05, 4.69) is 10.6 Å². The summed E-state index contributed by atoms with van der Waals surface area (Å²) in [5, 5.41) is 5.68. The van der Waals surface area contributed by atoms with Crippen molar-refractivity contribution in [2.45, 2.75) is 38.5 Å². The number of carbonyl (C=O) groups excluding carboxylic acids is 2. The van der Waals surface area contributed by atoms with Gasteiger partial charge in [-0.15, -0.1) is 0 Å². The number of alkyl carbamates (subject to hydrolysis) is 1. The summed E-state index contributed by atoms with van der Waals surface area (Å²) >= 11 is 0. The summed E-state index contributed by atoms with van der Waals surface area (Å²) in [6.07, 6.45) is -0.611. The van der Waals surface area contributed by atoms with Crippen molar-refractivity contribution in [3.05, 3.63) is 71.3 Å². The molecule has 0 saturated heterocycles. The summed E-state index contributed by atoms with van der Waals surface area (Å²) in [5.74, 6) is -0.251. The highest BCUT2D eigenvalue weighted by Crippen LogP contribution is 2.33. The van der Waals surface area contributed by atoms with Gasteiger partial charge in [-0.25, -0.2) is 4.79 Å². The molecule has 3 rings (SSSR count). The summed E-state index contributed by atoms with van der Waals surface area (Å²) in [7, 11) is 0. The molecule has 0 bridgehead atoms. The first kappa shape index (κ1) is 17.0. The minimum absolute atomic E-state index is 0.235. The van der Waals surface area contributed by atoms with Gasteiger partial charge in [0.25, 0.3) is 0 Å². The SMILES string of the molecule is CC(C)(C)OC(=O)N[C@@H]1C(=O)N[C@@H](c2ccccc2)c2ccccc21. The second kappa shape index (κ2) is 6.59. The third kappa shape index (κ3) is 3.82. The van der Waals surface area contributed by atoms with Crippen LogP contribution in [-0.4, -0.2) is 17.6 Å². The summed E-state index contributed by atoms with van der Waals surface area (Å²) in [4.78, 5) is 24.8. The van der Waals surface area contributed by atoms with Crippen LogP contribution in [0.3, 0.4) is 0 Å². The molecule has 2 atom stereocenters. The first-order chi connectivity index (χ1) is 11.8. The lowest BCUT2D eigenvalue weighted by molar-refractivity contribution is -0.124. The van der Waals surface area contributed by atoms with E-state index in [0.717, 1.165) is 16.7 Å². The number of hydrogen-bond acceptors (Lipinski definition) is 3. The van der Waals surface area contributed by atoms with Crippen molar-refractivity contribution in [3.63, 3.8) is 0 Å². The van der Waals surface area contributed by atoms with Crippen LogP contribution < -0.4 is 10.6 Å². The van der Waals surface area contributed by atoms with Gasteiger partial charge in [-0.3, -0.25) is 4.79 Å². The number of hydrogen-bond donors (Lipinski definition) is 2. The maximum atomic E-state index is 12.7. The zero-order valence-electron chi connectivity index (χ0n) is 14.6. The fourth-order valence-electron chi connectivity index (χ4n) is 2.96. The van der Waals surface area contributed by atoms with Gasteiger partial charge in [-0.2, -0.15) is 0 Å². The average Bonchev–Trinajstić information content (AvgIpc) is 2.56. The van der Waals surface area contributed by atoms with Crippen molar-refractivity contribution < 1.29 is 14.3 Å². The second-order valence-electron chi connectivity index (χ2n) is 7.06. The summed E-state index contributed by atoms with van der Waals surface area (Å²) in [6.45, 7) is 5.35. The van der Waals surface area contributed by atoms with Crippen LogP contribution >= 0.6 is 0 Å². The Hall–Kier alpha value is -2.82. The van der Waals surface area contributed by atoms with Crippen molar-refractivity contribution in [1.82, 2.24) is 10.6 Å². The number of nitrogens with one attached hydrogen (secondary N) is 2. The van der Waals surface area contributed by atoms with Crippen LogP contribution in [0.1, 0.15) is 49.5 Å². The fraction of sp³-hybridized carbons (Fsp3) is 0.300. The maximum Gasteiger partial charge on any atom is 0.408 e. The third-order valence-electron chi connectivity index (χ3n) is 3.96. The molecule has 0 fully saturated rings. The van der Waals surface area contributed by atoms with Crippen molar-refractivity contribution in [1.29, 1.82) is 0 Å². The van der Waals surface area contributed by atoms with E-state index in [0.29, 0.717) is 0 Å². The highest BCUT2D eigenvalue weighted by Gasteiger charge is 2.35. The van der Waals surface area contributed by atoms with Crippen LogP contribution in [0.15, 0.2) is 54.6 Å². The topological polar surface area (TPSA) is 67.4 Å². The van der Waals surface area contributed by atoms with Crippen LogP contribution in [0.5, 0.6) is 0 Å². The van der Waals surface area contributed by atoms with E-state index in [9.17, 15) is 9.59 Å². The number of fused-ring (bicyclic) bond motifs is 1. The second-order valence-corrected chi connectivity index (χ2v) is 7.06. The minimum Gasteiger partial charge on any atom is -0.444 e. The molecule has 0 aromatic heterocycles. The highest BCUT2D eigenvalue weighted by molar-refractivity contribution is 5.89. The zero-order chi connectivity index (χ0) is 18.0. The lowest BCUT2D eigenvalue weighted by atomic mass is 9.87. The van der Waals surface area contributed by atoms with Gasteiger partial charge < -0.3 is 15.4 Å². The number of rotatable bonds is 2. The Morgan fingerprint density at radius 3 is 2.24 bits per heavy atom. The molecule has 0 aliphatic carbocycles. The molecule has 25 heavy (non-hydrogen) atoms. The van der Waals surface area contributed by atoms with E-state index >= 15 is 0 Å². The largest absolute Gasteiger partial charge is 0.444 e. The number of amides is 2. The Morgan fingerprint density at radius 1 is 1.00 bits per heavy atom. The van der Waals surface area contributed by atoms with Gasteiger partial charge in [0.15, 0.2) is 0 Å². The fourth-order valence-corrected chi connectivity index (χ4v) is 2.96. The Morgan fingerprint density at radius 2 is 1.60 bits per heavy atom. The van der Waals surface area contributed by atoms with E-state index in [-0.39, 0.29) is 11.9 Å². The standard InChI is InChI=1S/C20H22N2O3/c1-20(2,3)25-19(24)22-17-15-12-8-7-11-14(15)16(21-18(17)23)13-9-5-4-6-10-13/h4-12,16-17H,1-3H3,(H,21,23)(H,22,24)/t16-,17-/m0/s1. The van der Waals surface area contributed by atoms with E-state index in [4.69, 9.17) is 4.74 Å². The van der Waals surface area contributed by atoms with Crippen LogP contribution in [0.4, 0.5) is 4.79 Å².